The molecule has 2 aromatic heterocycles. The molecule has 0 unspecified atom stereocenters. The van der Waals surface area contributed by atoms with Crippen LogP contribution in [0.5, 0.6) is 0 Å². The third-order valence-electron chi connectivity index (χ3n) is 5.98. The van der Waals surface area contributed by atoms with Crippen molar-refractivity contribution in [3.05, 3.63) is 30.2 Å². The van der Waals surface area contributed by atoms with Gasteiger partial charge in [-0.3, -0.25) is 4.90 Å². The van der Waals surface area contributed by atoms with Gasteiger partial charge in [-0.1, -0.05) is 31.2 Å². The average molecular weight is 408 g/mol. The molecule has 8 nitrogen and oxygen atoms in total. The predicted molar refractivity (Wildman–Crippen MR) is 116 cm³/mol. The molecule has 1 aromatic carbocycles. The maximum absolute atomic E-state index is 5.87. The molecule has 158 valence electrons. The molecule has 0 spiro atoms. The molecule has 2 aliphatic rings. The van der Waals surface area contributed by atoms with E-state index >= 15 is 0 Å². The molecule has 1 N–H and O–H groups in total. The smallest absolute Gasteiger partial charge is 0.268 e. The second-order valence-corrected chi connectivity index (χ2v) is 8.27. The molecule has 1 saturated heterocycles. The highest BCUT2D eigenvalue weighted by atomic mass is 16.4. The highest BCUT2D eigenvalue weighted by Gasteiger charge is 2.30. The highest BCUT2D eigenvalue weighted by Crippen LogP contribution is 2.40. The summed E-state index contributed by atoms with van der Waals surface area (Å²) in [5, 5.41) is 22.8. The highest BCUT2D eigenvalue weighted by molar-refractivity contribution is 5.98. The number of anilines is 1. The van der Waals surface area contributed by atoms with E-state index in [0.717, 1.165) is 74.6 Å². The lowest BCUT2D eigenvalue weighted by molar-refractivity contribution is 0.136. The van der Waals surface area contributed by atoms with Gasteiger partial charge in [0, 0.05) is 56.0 Å². The van der Waals surface area contributed by atoms with E-state index in [0.29, 0.717) is 17.5 Å². The number of fused-ring (bicyclic) bond motifs is 1. The van der Waals surface area contributed by atoms with Crippen molar-refractivity contribution < 1.29 is 4.42 Å². The van der Waals surface area contributed by atoms with Crippen molar-refractivity contribution >= 4 is 16.6 Å². The van der Waals surface area contributed by atoms with E-state index in [-0.39, 0.29) is 0 Å². The number of rotatable bonds is 8. The van der Waals surface area contributed by atoms with E-state index < -0.39 is 0 Å². The standard InChI is InChI=1S/C22H29N7O/c1-2-10-28-12-14-29(15-13-28)11-9-23-20-18-6-4-3-5-17(18)19(24-25-20)22-27-26-21(30-22)16-7-8-16/h3-6,16H,2,7-15H2,1H3,(H,23,25). The quantitative estimate of drug-likeness (QED) is 0.610. The molecular formula is C22H29N7O. The molecule has 0 bridgehead atoms. The first-order chi connectivity index (χ1) is 14.8. The van der Waals surface area contributed by atoms with Crippen molar-refractivity contribution in [2.24, 2.45) is 0 Å². The molecule has 2 fully saturated rings. The van der Waals surface area contributed by atoms with Crippen LogP contribution in [0.2, 0.25) is 0 Å². The monoisotopic (exact) mass is 407 g/mol. The van der Waals surface area contributed by atoms with Gasteiger partial charge in [-0.05, 0) is 25.8 Å². The number of benzene rings is 1. The van der Waals surface area contributed by atoms with Gasteiger partial charge in [-0.2, -0.15) is 0 Å². The van der Waals surface area contributed by atoms with E-state index in [4.69, 9.17) is 4.42 Å². The number of aromatic nitrogens is 4. The van der Waals surface area contributed by atoms with Crippen molar-refractivity contribution in [1.82, 2.24) is 30.2 Å². The number of hydrogen-bond acceptors (Lipinski definition) is 8. The summed E-state index contributed by atoms with van der Waals surface area (Å²) in [7, 11) is 0. The summed E-state index contributed by atoms with van der Waals surface area (Å²) in [5.41, 5.74) is 0.655. The fraction of sp³-hybridized carbons (Fsp3) is 0.545. The summed E-state index contributed by atoms with van der Waals surface area (Å²) in [4.78, 5) is 5.06. The lowest BCUT2D eigenvalue weighted by Gasteiger charge is -2.34. The Kier molecular flexibility index (Phi) is 5.59. The topological polar surface area (TPSA) is 83.2 Å². The van der Waals surface area contributed by atoms with Gasteiger partial charge in [0.15, 0.2) is 11.5 Å². The Labute approximate surface area is 176 Å². The maximum atomic E-state index is 5.87. The molecule has 3 aromatic rings. The normalized spacial score (nSPS) is 18.2. The molecule has 5 rings (SSSR count). The first-order valence-corrected chi connectivity index (χ1v) is 11.1. The van der Waals surface area contributed by atoms with Gasteiger partial charge in [0.05, 0.1) is 0 Å². The first kappa shape index (κ1) is 19.4. The third kappa shape index (κ3) is 4.15. The van der Waals surface area contributed by atoms with Crippen LogP contribution < -0.4 is 5.32 Å². The zero-order chi connectivity index (χ0) is 20.3. The number of nitrogens with zero attached hydrogens (tertiary/aromatic N) is 6. The van der Waals surface area contributed by atoms with Crippen LogP contribution >= 0.6 is 0 Å². The lowest BCUT2D eigenvalue weighted by Crippen LogP contribution is -2.47. The Morgan fingerprint density at radius 3 is 2.40 bits per heavy atom. The molecule has 0 amide bonds. The third-order valence-corrected chi connectivity index (χ3v) is 5.98. The predicted octanol–water partition coefficient (Wildman–Crippen LogP) is 3.00. The van der Waals surface area contributed by atoms with Crippen molar-refractivity contribution in [3.8, 4) is 11.6 Å². The fourth-order valence-electron chi connectivity index (χ4n) is 4.10. The second-order valence-electron chi connectivity index (χ2n) is 8.27. The minimum atomic E-state index is 0.426. The Bertz CT molecular complexity index is 992. The van der Waals surface area contributed by atoms with Gasteiger partial charge in [-0.25, -0.2) is 0 Å². The van der Waals surface area contributed by atoms with Gasteiger partial charge in [-0.15, -0.1) is 20.4 Å². The van der Waals surface area contributed by atoms with Gasteiger partial charge in [0.25, 0.3) is 5.89 Å². The summed E-state index contributed by atoms with van der Waals surface area (Å²) in [6, 6.07) is 8.14. The Balaban J connectivity index is 1.26. The minimum Gasteiger partial charge on any atom is -0.419 e. The second kappa shape index (κ2) is 8.65. The molecule has 30 heavy (non-hydrogen) atoms. The van der Waals surface area contributed by atoms with Crippen molar-refractivity contribution in [2.75, 3.05) is 51.1 Å². The zero-order valence-corrected chi connectivity index (χ0v) is 17.5. The van der Waals surface area contributed by atoms with Crippen LogP contribution in [-0.4, -0.2) is 76.0 Å². The summed E-state index contributed by atoms with van der Waals surface area (Å²) >= 11 is 0. The van der Waals surface area contributed by atoms with E-state index in [1.165, 1.54) is 13.0 Å². The van der Waals surface area contributed by atoms with Gasteiger partial charge in [0.1, 0.15) is 0 Å². The molecule has 1 aliphatic heterocycles. The Morgan fingerprint density at radius 2 is 1.67 bits per heavy atom. The molecule has 3 heterocycles. The van der Waals surface area contributed by atoms with Gasteiger partial charge >= 0.3 is 0 Å². The SMILES string of the molecule is CCCN1CCN(CCNc2nnc(-c3nnc(C4CC4)o3)c3ccccc23)CC1. The largest absolute Gasteiger partial charge is 0.419 e. The van der Waals surface area contributed by atoms with Crippen molar-refractivity contribution in [2.45, 2.75) is 32.1 Å². The van der Waals surface area contributed by atoms with Gasteiger partial charge in [0.2, 0.25) is 5.89 Å². The van der Waals surface area contributed by atoms with Crippen LogP contribution in [0.15, 0.2) is 28.7 Å². The van der Waals surface area contributed by atoms with E-state index in [1.807, 2.05) is 18.2 Å². The van der Waals surface area contributed by atoms with Crippen LogP contribution in [0.4, 0.5) is 5.82 Å². The maximum Gasteiger partial charge on any atom is 0.268 e. The molecule has 0 radical (unpaired) electrons. The fourth-order valence-corrected chi connectivity index (χ4v) is 4.10. The van der Waals surface area contributed by atoms with E-state index in [2.05, 4.69) is 48.5 Å². The van der Waals surface area contributed by atoms with Crippen LogP contribution in [0.3, 0.4) is 0 Å². The van der Waals surface area contributed by atoms with Crippen molar-refractivity contribution in [3.63, 3.8) is 0 Å². The van der Waals surface area contributed by atoms with E-state index in [1.54, 1.807) is 0 Å². The van der Waals surface area contributed by atoms with E-state index in [9.17, 15) is 0 Å². The first-order valence-electron chi connectivity index (χ1n) is 11.1. The zero-order valence-electron chi connectivity index (χ0n) is 17.5. The molecule has 0 atom stereocenters. The van der Waals surface area contributed by atoms with Crippen LogP contribution in [-0.2, 0) is 0 Å². The number of nitrogens with one attached hydrogen (secondary N) is 1. The minimum absolute atomic E-state index is 0.426. The van der Waals surface area contributed by atoms with Crippen molar-refractivity contribution in [1.29, 1.82) is 0 Å². The summed E-state index contributed by atoms with van der Waals surface area (Å²) in [5.74, 6) is 2.41. The number of hydrogen-bond donors (Lipinski definition) is 1. The van der Waals surface area contributed by atoms with Gasteiger partial charge < -0.3 is 14.6 Å². The van der Waals surface area contributed by atoms with Crippen LogP contribution in [0.1, 0.15) is 38.0 Å². The summed E-state index contributed by atoms with van der Waals surface area (Å²) in [6.45, 7) is 9.90. The molecular weight excluding hydrogens is 378 g/mol. The number of piperazine rings is 1. The summed E-state index contributed by atoms with van der Waals surface area (Å²) in [6.07, 6.45) is 3.49. The average Bonchev–Trinajstić information content (AvgIpc) is 3.52. The Morgan fingerprint density at radius 1 is 0.933 bits per heavy atom. The molecule has 1 aliphatic carbocycles. The lowest BCUT2D eigenvalue weighted by atomic mass is 10.1. The Hall–Kier alpha value is -2.58. The van der Waals surface area contributed by atoms with Crippen LogP contribution in [0.25, 0.3) is 22.4 Å². The molecule has 8 heteroatoms. The summed E-state index contributed by atoms with van der Waals surface area (Å²) < 4.78 is 5.87. The van der Waals surface area contributed by atoms with Crippen LogP contribution in [0, 0.1) is 0 Å². The molecule has 1 saturated carbocycles.